The van der Waals surface area contributed by atoms with Crippen LogP contribution in [0.15, 0.2) is 81.0 Å². The topological polar surface area (TPSA) is 0 Å². The van der Waals surface area contributed by atoms with Gasteiger partial charge in [0.05, 0.1) is 0 Å². The van der Waals surface area contributed by atoms with Gasteiger partial charge in [-0.15, -0.1) is 0 Å². The molecular weight excluding hydrogens is 352 g/mol. The van der Waals surface area contributed by atoms with E-state index in [0.29, 0.717) is 0 Å². The van der Waals surface area contributed by atoms with Gasteiger partial charge in [0.2, 0.25) is 0 Å². The largest absolute Gasteiger partial charge is 0.0888 e. The van der Waals surface area contributed by atoms with Crippen molar-refractivity contribution in [1.82, 2.24) is 0 Å². The summed E-state index contributed by atoms with van der Waals surface area (Å²) in [5, 5.41) is 0. The molecule has 1 aliphatic rings. The van der Waals surface area contributed by atoms with Crippen molar-refractivity contribution in [3.63, 3.8) is 0 Å². The van der Waals surface area contributed by atoms with Gasteiger partial charge in [0.15, 0.2) is 0 Å². The average Bonchev–Trinajstić information content (AvgIpc) is 2.74. The lowest BCUT2D eigenvalue weighted by Gasteiger charge is -2.08. The van der Waals surface area contributed by atoms with Gasteiger partial charge >= 0.3 is 0 Å². The Bertz CT molecular complexity index is 863. The first-order valence-corrected chi connectivity index (χ1v) is 8.75. The lowest BCUT2D eigenvalue weighted by molar-refractivity contribution is 1.39. The van der Waals surface area contributed by atoms with Gasteiger partial charge in [-0.1, -0.05) is 76.2 Å². The number of hydrogen-bond donors (Lipinski definition) is 0. The molecule has 0 saturated carbocycles. The standard InChI is InChI=1S/C20H13BrS/c21-18-10-7-14(8-11-18)16-9-12-20-17(13-16)6-5-15-3-1-2-4-19(15)22-20/h1-13H. The van der Waals surface area contributed by atoms with Crippen molar-refractivity contribution in [1.29, 1.82) is 0 Å². The van der Waals surface area contributed by atoms with Gasteiger partial charge in [-0.2, -0.15) is 0 Å². The van der Waals surface area contributed by atoms with Crippen molar-refractivity contribution in [3.8, 4) is 11.1 Å². The molecular formula is C20H13BrS. The SMILES string of the molecule is Brc1ccc(-c2ccc3c(c2)C=Cc2ccccc2S3)cc1. The van der Waals surface area contributed by atoms with Crippen LogP contribution in [0.1, 0.15) is 11.1 Å². The maximum Gasteiger partial charge on any atom is 0.0195 e. The average molecular weight is 365 g/mol. The fourth-order valence-electron chi connectivity index (χ4n) is 2.60. The highest BCUT2D eigenvalue weighted by Gasteiger charge is 2.10. The Morgan fingerprint density at radius 2 is 1.32 bits per heavy atom. The van der Waals surface area contributed by atoms with Crippen LogP contribution in [-0.4, -0.2) is 0 Å². The lowest BCUT2D eigenvalue weighted by atomic mass is 10.0. The Labute approximate surface area is 143 Å². The van der Waals surface area contributed by atoms with Crippen LogP contribution < -0.4 is 0 Å². The van der Waals surface area contributed by atoms with E-state index in [2.05, 4.69) is 94.8 Å². The molecule has 0 saturated heterocycles. The molecule has 0 nitrogen and oxygen atoms in total. The number of halogens is 1. The molecule has 2 heteroatoms. The second-order valence-electron chi connectivity index (χ2n) is 5.23. The smallest absolute Gasteiger partial charge is 0.0195 e. The molecule has 1 heterocycles. The van der Waals surface area contributed by atoms with Crippen LogP contribution in [0.4, 0.5) is 0 Å². The molecule has 0 fully saturated rings. The van der Waals surface area contributed by atoms with Crippen molar-refractivity contribution >= 4 is 39.8 Å². The van der Waals surface area contributed by atoms with Crippen LogP contribution in [-0.2, 0) is 0 Å². The summed E-state index contributed by atoms with van der Waals surface area (Å²) in [6.07, 6.45) is 4.43. The van der Waals surface area contributed by atoms with Crippen LogP contribution in [0.2, 0.25) is 0 Å². The van der Waals surface area contributed by atoms with E-state index in [1.165, 1.54) is 32.0 Å². The summed E-state index contributed by atoms with van der Waals surface area (Å²) in [6, 6.07) is 23.7. The first kappa shape index (κ1) is 13.9. The zero-order valence-corrected chi connectivity index (χ0v) is 14.2. The second-order valence-corrected chi connectivity index (χ2v) is 7.23. The molecule has 0 unspecified atom stereocenters. The summed E-state index contributed by atoms with van der Waals surface area (Å²) >= 11 is 5.33. The molecule has 0 N–H and O–H groups in total. The Morgan fingerprint density at radius 3 is 2.18 bits per heavy atom. The minimum atomic E-state index is 1.11. The number of fused-ring (bicyclic) bond motifs is 2. The molecule has 106 valence electrons. The van der Waals surface area contributed by atoms with E-state index < -0.39 is 0 Å². The molecule has 0 atom stereocenters. The number of benzene rings is 3. The van der Waals surface area contributed by atoms with Crippen LogP contribution in [0.5, 0.6) is 0 Å². The van der Waals surface area contributed by atoms with E-state index in [0.717, 1.165) is 4.47 Å². The van der Waals surface area contributed by atoms with Gasteiger partial charge < -0.3 is 0 Å². The van der Waals surface area contributed by atoms with Crippen molar-refractivity contribution in [2.75, 3.05) is 0 Å². The minimum Gasteiger partial charge on any atom is -0.0888 e. The number of rotatable bonds is 1. The van der Waals surface area contributed by atoms with E-state index in [-0.39, 0.29) is 0 Å². The van der Waals surface area contributed by atoms with Gasteiger partial charge in [0.25, 0.3) is 0 Å². The Morgan fingerprint density at radius 1 is 0.636 bits per heavy atom. The van der Waals surface area contributed by atoms with Gasteiger partial charge in [0.1, 0.15) is 0 Å². The molecule has 4 rings (SSSR count). The predicted octanol–water partition coefficient (Wildman–Crippen LogP) is 6.75. The molecule has 3 aromatic carbocycles. The van der Waals surface area contributed by atoms with E-state index >= 15 is 0 Å². The highest BCUT2D eigenvalue weighted by Crippen LogP contribution is 2.38. The summed E-state index contributed by atoms with van der Waals surface area (Å²) in [7, 11) is 0. The molecule has 0 aliphatic carbocycles. The third-order valence-electron chi connectivity index (χ3n) is 3.77. The van der Waals surface area contributed by atoms with Crippen LogP contribution in [0, 0.1) is 0 Å². The van der Waals surface area contributed by atoms with Crippen molar-refractivity contribution in [2.45, 2.75) is 9.79 Å². The quantitative estimate of drug-likeness (QED) is 0.359. The van der Waals surface area contributed by atoms with E-state index in [1.54, 1.807) is 0 Å². The first-order valence-electron chi connectivity index (χ1n) is 7.14. The van der Waals surface area contributed by atoms with Gasteiger partial charge in [-0.3, -0.25) is 0 Å². The monoisotopic (exact) mass is 364 g/mol. The highest BCUT2D eigenvalue weighted by molar-refractivity contribution is 9.10. The van der Waals surface area contributed by atoms with E-state index in [1.807, 2.05) is 11.8 Å². The molecule has 1 aliphatic heterocycles. The Kier molecular flexibility index (Phi) is 3.65. The molecule has 0 radical (unpaired) electrons. The molecule has 0 amide bonds. The Hall–Kier alpha value is -1.77. The summed E-state index contributed by atoms with van der Waals surface area (Å²) in [4.78, 5) is 2.62. The molecule has 3 aromatic rings. The normalized spacial score (nSPS) is 12.4. The van der Waals surface area contributed by atoms with E-state index in [9.17, 15) is 0 Å². The fourth-order valence-corrected chi connectivity index (χ4v) is 3.89. The zero-order valence-electron chi connectivity index (χ0n) is 11.8. The number of hydrogen-bond acceptors (Lipinski definition) is 1. The lowest BCUT2D eigenvalue weighted by Crippen LogP contribution is -1.83. The third kappa shape index (κ3) is 2.65. The summed E-state index contributed by atoms with van der Waals surface area (Å²) in [6.45, 7) is 0. The maximum absolute atomic E-state index is 3.49. The molecule has 22 heavy (non-hydrogen) atoms. The summed E-state index contributed by atoms with van der Waals surface area (Å²) < 4.78 is 1.11. The maximum atomic E-state index is 3.49. The molecule has 0 bridgehead atoms. The van der Waals surface area contributed by atoms with Crippen molar-refractivity contribution < 1.29 is 0 Å². The fraction of sp³-hybridized carbons (Fsp3) is 0. The second kappa shape index (κ2) is 5.79. The van der Waals surface area contributed by atoms with Gasteiger partial charge in [0, 0.05) is 14.3 Å². The molecule has 0 spiro atoms. The molecule has 0 aromatic heterocycles. The van der Waals surface area contributed by atoms with Gasteiger partial charge in [-0.25, -0.2) is 0 Å². The van der Waals surface area contributed by atoms with Crippen LogP contribution in [0.25, 0.3) is 23.3 Å². The Balaban J connectivity index is 1.78. The van der Waals surface area contributed by atoms with Crippen molar-refractivity contribution in [2.24, 2.45) is 0 Å². The van der Waals surface area contributed by atoms with Crippen molar-refractivity contribution in [3.05, 3.63) is 82.3 Å². The summed E-state index contributed by atoms with van der Waals surface area (Å²) in [5.41, 5.74) is 5.06. The highest BCUT2D eigenvalue weighted by atomic mass is 79.9. The van der Waals surface area contributed by atoms with Crippen LogP contribution >= 0.6 is 27.7 Å². The first-order chi connectivity index (χ1) is 10.8. The minimum absolute atomic E-state index is 1.11. The summed E-state index contributed by atoms with van der Waals surface area (Å²) in [5.74, 6) is 0. The van der Waals surface area contributed by atoms with Gasteiger partial charge in [-0.05, 0) is 52.6 Å². The van der Waals surface area contributed by atoms with E-state index in [4.69, 9.17) is 0 Å². The van der Waals surface area contributed by atoms with Crippen LogP contribution in [0.3, 0.4) is 0 Å². The predicted molar refractivity (Wildman–Crippen MR) is 99.1 cm³/mol. The third-order valence-corrected chi connectivity index (χ3v) is 5.48. The zero-order chi connectivity index (χ0) is 14.9.